The molecular weight excluding hydrogens is 585 g/mol. The minimum atomic E-state index is 0.610. The minimum absolute atomic E-state index is 0.610. The molecule has 46 heavy (non-hydrogen) atoms. The van der Waals surface area contributed by atoms with Crippen LogP contribution in [0.3, 0.4) is 0 Å². The van der Waals surface area contributed by atoms with Gasteiger partial charge < -0.3 is 4.42 Å². The third kappa shape index (κ3) is 4.64. The predicted octanol–water partition coefficient (Wildman–Crippen LogP) is 10.7. The van der Waals surface area contributed by atoms with Crippen molar-refractivity contribution in [2.75, 3.05) is 0 Å². The molecule has 0 aliphatic carbocycles. The summed E-state index contributed by atoms with van der Waals surface area (Å²) in [7, 11) is 0. The number of furan rings is 1. The first-order valence-corrected chi connectivity index (χ1v) is 15.9. The lowest BCUT2D eigenvalue weighted by Crippen LogP contribution is -2.00. The Morgan fingerprint density at radius 2 is 1.04 bits per heavy atom. The van der Waals surface area contributed by atoms with E-state index in [1.54, 1.807) is 11.3 Å². The quantitative estimate of drug-likeness (QED) is 0.194. The molecule has 9 rings (SSSR count). The Hall–Kier alpha value is -5.98. The van der Waals surface area contributed by atoms with Crippen LogP contribution in [0.25, 0.3) is 88.0 Å². The summed E-state index contributed by atoms with van der Waals surface area (Å²) in [6.07, 6.45) is 0. The van der Waals surface area contributed by atoms with E-state index in [0.717, 1.165) is 70.5 Å². The first kappa shape index (κ1) is 26.4. The fourth-order valence-electron chi connectivity index (χ4n) is 5.94. The number of rotatable bonds is 5. The normalized spacial score (nSPS) is 11.5. The average Bonchev–Trinajstić information content (AvgIpc) is 3.74. The maximum atomic E-state index is 6.37. The number of fused-ring (bicyclic) bond motifs is 4. The molecule has 9 aromatic rings. The van der Waals surface area contributed by atoms with E-state index in [1.807, 2.05) is 103 Å². The van der Waals surface area contributed by atoms with Gasteiger partial charge >= 0.3 is 0 Å². The van der Waals surface area contributed by atoms with Crippen LogP contribution in [0.2, 0.25) is 0 Å². The van der Waals surface area contributed by atoms with E-state index in [-0.39, 0.29) is 0 Å². The zero-order chi connectivity index (χ0) is 30.5. The maximum Gasteiger partial charge on any atom is 0.164 e. The van der Waals surface area contributed by atoms with E-state index in [4.69, 9.17) is 24.4 Å². The molecular formula is C40H24N4OS. The number of nitrogens with zero attached hydrogens (tertiary/aromatic N) is 4. The highest BCUT2D eigenvalue weighted by atomic mass is 32.1. The molecule has 0 saturated carbocycles. The number of aromatic nitrogens is 4. The second-order valence-corrected chi connectivity index (χ2v) is 12.1. The number of hydrogen-bond acceptors (Lipinski definition) is 6. The second-order valence-electron chi connectivity index (χ2n) is 11.1. The summed E-state index contributed by atoms with van der Waals surface area (Å²) in [4.78, 5) is 19.8. The fraction of sp³-hybridized carbons (Fsp3) is 0. The van der Waals surface area contributed by atoms with Gasteiger partial charge in [0, 0.05) is 33.0 Å². The van der Waals surface area contributed by atoms with E-state index in [2.05, 4.69) is 42.5 Å². The molecule has 0 radical (unpaired) electrons. The van der Waals surface area contributed by atoms with Crippen molar-refractivity contribution in [1.82, 2.24) is 19.9 Å². The smallest absolute Gasteiger partial charge is 0.164 e. The molecule has 3 aromatic heterocycles. The molecule has 0 aliphatic rings. The summed E-state index contributed by atoms with van der Waals surface area (Å²) in [5.74, 6) is 1.88. The van der Waals surface area contributed by atoms with Crippen molar-refractivity contribution < 1.29 is 4.42 Å². The number of hydrogen-bond donors (Lipinski definition) is 0. The van der Waals surface area contributed by atoms with Gasteiger partial charge in [-0.05, 0) is 47.5 Å². The lowest BCUT2D eigenvalue weighted by atomic mass is 9.98. The highest BCUT2D eigenvalue weighted by Crippen LogP contribution is 2.40. The highest BCUT2D eigenvalue weighted by molar-refractivity contribution is 7.21. The fourth-order valence-corrected chi connectivity index (χ4v) is 6.89. The third-order valence-corrected chi connectivity index (χ3v) is 9.26. The largest absolute Gasteiger partial charge is 0.456 e. The van der Waals surface area contributed by atoms with Gasteiger partial charge in [0.05, 0.1) is 10.2 Å². The van der Waals surface area contributed by atoms with E-state index >= 15 is 0 Å². The maximum absolute atomic E-state index is 6.37. The van der Waals surface area contributed by atoms with Crippen LogP contribution in [0.4, 0.5) is 0 Å². The van der Waals surface area contributed by atoms with Crippen LogP contribution in [0.15, 0.2) is 150 Å². The van der Waals surface area contributed by atoms with E-state index < -0.39 is 0 Å². The molecule has 0 fully saturated rings. The molecule has 216 valence electrons. The Kier molecular flexibility index (Phi) is 6.25. The monoisotopic (exact) mass is 608 g/mol. The molecule has 5 nitrogen and oxygen atoms in total. The Morgan fingerprint density at radius 1 is 0.435 bits per heavy atom. The molecule has 0 aliphatic heterocycles. The van der Waals surface area contributed by atoms with Crippen LogP contribution in [0, 0.1) is 0 Å². The SMILES string of the molecule is c1ccc(-c2nc(-c3ccccc3)nc(-c3ccc4oc5cccc(-c6ccc7sc(-c8ccccc8)nc7c6)c5c4c3)n2)cc1. The molecule has 0 unspecified atom stereocenters. The van der Waals surface area contributed by atoms with Crippen molar-refractivity contribution in [2.24, 2.45) is 0 Å². The molecule has 3 heterocycles. The van der Waals surface area contributed by atoms with E-state index in [0.29, 0.717) is 17.5 Å². The first-order valence-electron chi connectivity index (χ1n) is 15.1. The molecule has 0 N–H and O–H groups in total. The van der Waals surface area contributed by atoms with Gasteiger partial charge in [0.2, 0.25) is 0 Å². The van der Waals surface area contributed by atoms with Crippen LogP contribution in [0.5, 0.6) is 0 Å². The molecule has 6 aromatic carbocycles. The lowest BCUT2D eigenvalue weighted by Gasteiger charge is -2.08. The van der Waals surface area contributed by atoms with Crippen LogP contribution < -0.4 is 0 Å². The average molecular weight is 609 g/mol. The van der Waals surface area contributed by atoms with Gasteiger partial charge in [0.1, 0.15) is 16.2 Å². The molecule has 0 bridgehead atoms. The second kappa shape index (κ2) is 10.9. The standard InChI is InChI=1S/C40H24N4OS/c1-4-11-25(12-5-1)37-42-38(26-13-6-2-7-14-26)44-39(43-37)29-19-21-33-31(23-29)36-30(17-10-18-34(36)45-33)28-20-22-35-32(24-28)41-40(46-35)27-15-8-3-9-16-27/h1-24H. The van der Waals surface area contributed by atoms with Crippen molar-refractivity contribution in [3.05, 3.63) is 146 Å². The van der Waals surface area contributed by atoms with E-state index in [9.17, 15) is 0 Å². The van der Waals surface area contributed by atoms with Crippen LogP contribution in [0.1, 0.15) is 0 Å². The van der Waals surface area contributed by atoms with Crippen molar-refractivity contribution in [3.63, 3.8) is 0 Å². The minimum Gasteiger partial charge on any atom is -0.456 e. The number of thiazole rings is 1. The summed E-state index contributed by atoms with van der Waals surface area (Å²) in [6, 6.07) is 49.3. The van der Waals surface area contributed by atoms with Crippen LogP contribution in [-0.4, -0.2) is 19.9 Å². The zero-order valence-electron chi connectivity index (χ0n) is 24.5. The van der Waals surface area contributed by atoms with Crippen molar-refractivity contribution in [1.29, 1.82) is 0 Å². The van der Waals surface area contributed by atoms with Gasteiger partial charge in [-0.25, -0.2) is 19.9 Å². The Labute approximate surface area is 268 Å². The third-order valence-electron chi connectivity index (χ3n) is 8.17. The van der Waals surface area contributed by atoms with Crippen molar-refractivity contribution >= 4 is 43.5 Å². The molecule has 6 heteroatoms. The Balaban J connectivity index is 1.20. The number of benzene rings is 6. The Morgan fingerprint density at radius 3 is 1.72 bits per heavy atom. The van der Waals surface area contributed by atoms with Gasteiger partial charge in [0.25, 0.3) is 0 Å². The molecule has 0 spiro atoms. The topological polar surface area (TPSA) is 64.7 Å². The lowest BCUT2D eigenvalue weighted by molar-refractivity contribution is 0.669. The van der Waals surface area contributed by atoms with Gasteiger partial charge in [-0.3, -0.25) is 0 Å². The van der Waals surface area contributed by atoms with Gasteiger partial charge in [-0.1, -0.05) is 109 Å². The van der Waals surface area contributed by atoms with Crippen molar-refractivity contribution in [3.8, 4) is 55.9 Å². The van der Waals surface area contributed by atoms with Gasteiger partial charge in [0.15, 0.2) is 17.5 Å². The van der Waals surface area contributed by atoms with Gasteiger partial charge in [-0.2, -0.15) is 0 Å². The predicted molar refractivity (Wildman–Crippen MR) is 187 cm³/mol. The summed E-state index contributed by atoms with van der Waals surface area (Å²) in [5, 5.41) is 3.08. The molecule has 0 saturated heterocycles. The molecule has 0 atom stereocenters. The zero-order valence-corrected chi connectivity index (χ0v) is 25.3. The van der Waals surface area contributed by atoms with E-state index in [1.165, 1.54) is 0 Å². The highest BCUT2D eigenvalue weighted by Gasteiger charge is 2.17. The summed E-state index contributed by atoms with van der Waals surface area (Å²) in [6.45, 7) is 0. The van der Waals surface area contributed by atoms with Gasteiger partial charge in [-0.15, -0.1) is 11.3 Å². The van der Waals surface area contributed by atoms with Crippen LogP contribution in [-0.2, 0) is 0 Å². The summed E-state index contributed by atoms with van der Waals surface area (Å²) >= 11 is 1.71. The summed E-state index contributed by atoms with van der Waals surface area (Å²) < 4.78 is 7.53. The summed E-state index contributed by atoms with van der Waals surface area (Å²) in [5.41, 5.74) is 8.71. The first-order chi connectivity index (χ1) is 22.8. The van der Waals surface area contributed by atoms with Crippen molar-refractivity contribution in [2.45, 2.75) is 0 Å². The van der Waals surface area contributed by atoms with Crippen LogP contribution >= 0.6 is 11.3 Å². The molecule has 0 amide bonds. The Bertz CT molecular complexity index is 2470.